The lowest BCUT2D eigenvalue weighted by Gasteiger charge is -2.16. The van der Waals surface area contributed by atoms with Crippen LogP contribution < -0.4 is 16.4 Å². The number of benzene rings is 2. The third-order valence-electron chi connectivity index (χ3n) is 4.39. The van der Waals surface area contributed by atoms with Crippen molar-refractivity contribution in [3.63, 3.8) is 0 Å². The molecule has 0 saturated carbocycles. The quantitative estimate of drug-likeness (QED) is 0.183. The van der Waals surface area contributed by atoms with Crippen LogP contribution in [-0.2, 0) is 9.59 Å². The van der Waals surface area contributed by atoms with Crippen LogP contribution in [0.4, 0.5) is 20.3 Å². The highest BCUT2D eigenvalue weighted by atomic mass is 35.5. The second-order valence-electron chi connectivity index (χ2n) is 6.60. The van der Waals surface area contributed by atoms with Gasteiger partial charge in [0.05, 0.1) is 16.6 Å². The maximum Gasteiger partial charge on any atom is 0.228 e. The number of fused-ring (bicyclic) bond motifs is 1. The Hall–Kier alpha value is -3.18. The lowest BCUT2D eigenvalue weighted by Crippen LogP contribution is -2.16. The van der Waals surface area contributed by atoms with Crippen molar-refractivity contribution in [2.75, 3.05) is 12.4 Å². The second-order valence-corrected chi connectivity index (χ2v) is 8.40. The highest BCUT2D eigenvalue weighted by molar-refractivity contribution is 7.10. The van der Waals surface area contributed by atoms with Crippen molar-refractivity contribution in [2.45, 2.75) is 25.5 Å². The molecule has 0 bridgehead atoms. The van der Waals surface area contributed by atoms with E-state index in [1.54, 1.807) is 17.4 Å². The normalized spacial score (nSPS) is 11.3. The van der Waals surface area contributed by atoms with Crippen molar-refractivity contribution in [3.8, 4) is 0 Å². The summed E-state index contributed by atoms with van der Waals surface area (Å²) in [5.41, 5.74) is 4.94. The van der Waals surface area contributed by atoms with Crippen LogP contribution in [0.1, 0.15) is 30.3 Å². The van der Waals surface area contributed by atoms with Crippen molar-refractivity contribution < 1.29 is 18.4 Å². The third kappa shape index (κ3) is 10.0. The summed E-state index contributed by atoms with van der Waals surface area (Å²) >= 11 is 12.0. The lowest BCUT2D eigenvalue weighted by molar-refractivity contribution is -0.109. The van der Waals surface area contributed by atoms with Gasteiger partial charge in [-0.3, -0.25) is 9.59 Å². The maximum absolute atomic E-state index is 13.4. The largest absolute Gasteiger partial charge is 0.372 e. The summed E-state index contributed by atoms with van der Waals surface area (Å²) in [4.78, 5) is 27.5. The summed E-state index contributed by atoms with van der Waals surface area (Å²) in [6, 6.07) is 14.8. The van der Waals surface area contributed by atoms with Gasteiger partial charge in [-0.2, -0.15) is 0 Å². The molecular weight excluding hydrogens is 543 g/mol. The number of aromatic nitrogens is 2. The molecule has 2 atom stereocenters. The summed E-state index contributed by atoms with van der Waals surface area (Å²) in [6.07, 6.45) is 1.77. The fourth-order valence-electron chi connectivity index (χ4n) is 2.99. The van der Waals surface area contributed by atoms with Crippen LogP contribution in [0.15, 0.2) is 60.2 Å². The van der Waals surface area contributed by atoms with E-state index in [1.807, 2.05) is 33.0 Å². The number of carbonyl (C=O) groups excluding carboxylic acids is 2. The standard InChI is InChI=1S/C20H16ClFN4S.C2H2ClFO.C2H6.CH3NO/c1-23-19(18-3-2-8-27-18)12-4-7-17-14(9-12)20(25-11-24-17)26-13-5-6-16(22)15(21)10-13;3-2(4)1-5;1-2;2-1-3/h2-11,19,23H,1H3,(H,24,25,26);1-2H;1-2H3;1H,(H2,2,3)/t19-;;;/m0.../s1. The number of thiophene rings is 1. The molecule has 0 radical (unpaired) electrons. The number of nitrogens with two attached hydrogens (primary N) is 1. The van der Waals surface area contributed by atoms with Crippen LogP contribution in [0, 0.1) is 5.82 Å². The highest BCUT2D eigenvalue weighted by Gasteiger charge is 2.15. The van der Waals surface area contributed by atoms with Gasteiger partial charge in [0.1, 0.15) is 18.0 Å². The van der Waals surface area contributed by atoms with Gasteiger partial charge in [0, 0.05) is 16.0 Å². The minimum absolute atomic E-state index is 0.0154. The fraction of sp³-hybridized carbons (Fsp3) is 0.200. The molecule has 12 heteroatoms. The minimum atomic E-state index is -1.82. The number of nitrogens with one attached hydrogen (secondary N) is 2. The number of anilines is 2. The fourth-order valence-corrected chi connectivity index (χ4v) is 4.03. The molecule has 4 aromatic rings. The van der Waals surface area contributed by atoms with Crippen LogP contribution in [0.5, 0.6) is 0 Å². The van der Waals surface area contributed by atoms with Gasteiger partial charge in [-0.15, -0.1) is 11.3 Å². The molecule has 2 aromatic carbocycles. The highest BCUT2D eigenvalue weighted by Crippen LogP contribution is 2.31. The van der Waals surface area contributed by atoms with E-state index in [2.05, 4.69) is 61.5 Å². The number of amides is 1. The van der Waals surface area contributed by atoms with Crippen LogP contribution in [0.25, 0.3) is 10.9 Å². The van der Waals surface area contributed by atoms with E-state index < -0.39 is 11.4 Å². The number of halogens is 4. The Morgan fingerprint density at radius 1 is 1.11 bits per heavy atom. The number of hydrogen-bond donors (Lipinski definition) is 3. The Bertz CT molecular complexity index is 1250. The van der Waals surface area contributed by atoms with Gasteiger partial charge >= 0.3 is 0 Å². The third-order valence-corrected chi connectivity index (χ3v) is 5.72. The van der Waals surface area contributed by atoms with Gasteiger partial charge in [-0.1, -0.05) is 49.2 Å². The molecule has 0 aliphatic rings. The molecule has 0 aliphatic heterocycles. The summed E-state index contributed by atoms with van der Waals surface area (Å²) < 4.78 is 24.2. The molecule has 0 spiro atoms. The molecular formula is C25H27Cl2F2N5O2S. The molecule has 1 amide bonds. The molecule has 0 fully saturated rings. The zero-order valence-electron chi connectivity index (χ0n) is 20.3. The number of primary amides is 1. The first kappa shape index (κ1) is 31.8. The summed E-state index contributed by atoms with van der Waals surface area (Å²) in [7, 11) is 1.94. The average Bonchev–Trinajstić information content (AvgIpc) is 3.44. The van der Waals surface area contributed by atoms with Crippen molar-refractivity contribution >= 4 is 69.6 Å². The van der Waals surface area contributed by atoms with Crippen LogP contribution >= 0.6 is 34.5 Å². The molecule has 37 heavy (non-hydrogen) atoms. The first-order valence-corrected chi connectivity index (χ1v) is 12.6. The summed E-state index contributed by atoms with van der Waals surface area (Å²) in [5, 5.41) is 9.58. The van der Waals surface area contributed by atoms with E-state index >= 15 is 0 Å². The number of alkyl halides is 2. The van der Waals surface area contributed by atoms with Crippen molar-refractivity contribution in [1.29, 1.82) is 0 Å². The number of aldehydes is 1. The molecule has 1 unspecified atom stereocenters. The van der Waals surface area contributed by atoms with E-state index in [0.29, 0.717) is 11.5 Å². The maximum atomic E-state index is 13.4. The molecule has 198 valence electrons. The molecule has 2 aromatic heterocycles. The number of rotatable bonds is 6. The topological polar surface area (TPSA) is 110 Å². The predicted octanol–water partition coefficient (Wildman–Crippen LogP) is 6.38. The van der Waals surface area contributed by atoms with Crippen molar-refractivity contribution in [3.05, 3.63) is 81.5 Å². The van der Waals surface area contributed by atoms with E-state index in [-0.39, 0.29) is 23.8 Å². The minimum Gasteiger partial charge on any atom is -0.372 e. The van der Waals surface area contributed by atoms with Gasteiger partial charge in [-0.05, 0) is 54.4 Å². The second kappa shape index (κ2) is 17.3. The van der Waals surface area contributed by atoms with Gasteiger partial charge in [0.15, 0.2) is 6.29 Å². The molecule has 0 aliphatic carbocycles. The lowest BCUT2D eigenvalue weighted by atomic mass is 10.0. The molecule has 4 rings (SSSR count). The van der Waals surface area contributed by atoms with Crippen LogP contribution in [0.2, 0.25) is 5.02 Å². The van der Waals surface area contributed by atoms with Crippen molar-refractivity contribution in [2.24, 2.45) is 5.73 Å². The number of nitrogens with zero attached hydrogens (tertiary/aromatic N) is 2. The first-order chi connectivity index (χ1) is 17.8. The average molecular weight is 570 g/mol. The van der Waals surface area contributed by atoms with Gasteiger partial charge in [0.25, 0.3) is 0 Å². The monoisotopic (exact) mass is 569 g/mol. The smallest absolute Gasteiger partial charge is 0.228 e. The molecule has 0 saturated heterocycles. The Morgan fingerprint density at radius 3 is 2.32 bits per heavy atom. The Kier molecular flexibility index (Phi) is 14.9. The van der Waals surface area contributed by atoms with E-state index in [4.69, 9.17) is 21.2 Å². The van der Waals surface area contributed by atoms with Crippen molar-refractivity contribution in [1.82, 2.24) is 15.3 Å². The Labute approximate surface area is 228 Å². The molecule has 4 N–H and O–H groups in total. The van der Waals surface area contributed by atoms with E-state index in [0.717, 1.165) is 16.5 Å². The van der Waals surface area contributed by atoms with Crippen LogP contribution in [0.3, 0.4) is 0 Å². The first-order valence-electron chi connectivity index (χ1n) is 10.9. The van der Waals surface area contributed by atoms with Crippen LogP contribution in [-0.4, -0.2) is 35.3 Å². The summed E-state index contributed by atoms with van der Waals surface area (Å²) in [6.45, 7) is 4.00. The van der Waals surface area contributed by atoms with Gasteiger partial charge in [0.2, 0.25) is 12.0 Å². The molecule has 7 nitrogen and oxygen atoms in total. The SMILES string of the molecule is CC.CN[C@@H](c1ccc2ncnc(Nc3ccc(F)c(Cl)c3)c2c1)c1cccs1.NC=O.O=CC(F)Cl. The predicted molar refractivity (Wildman–Crippen MR) is 148 cm³/mol. The van der Waals surface area contributed by atoms with Gasteiger partial charge < -0.3 is 16.4 Å². The van der Waals surface area contributed by atoms with Gasteiger partial charge in [-0.25, -0.2) is 18.7 Å². The number of hydrogen-bond acceptors (Lipinski definition) is 7. The summed E-state index contributed by atoms with van der Waals surface area (Å²) in [5.74, 6) is 0.190. The molecule has 2 heterocycles. The Morgan fingerprint density at radius 2 is 1.78 bits per heavy atom. The Balaban J connectivity index is 0.000000594. The zero-order valence-corrected chi connectivity index (χ0v) is 22.6. The number of carbonyl (C=O) groups is 2. The zero-order chi connectivity index (χ0) is 27.8. The van der Waals surface area contributed by atoms with E-state index in [9.17, 15) is 8.78 Å². The van der Waals surface area contributed by atoms with E-state index in [1.165, 1.54) is 23.3 Å².